The van der Waals surface area contributed by atoms with E-state index in [-0.39, 0.29) is 108 Å². The van der Waals surface area contributed by atoms with Crippen LogP contribution < -0.4 is 53.6 Å². The number of rotatable bonds is 24. The molecule has 41 heteroatoms. The van der Waals surface area contributed by atoms with Gasteiger partial charge < -0.3 is 108 Å². The number of nitrogens with zero attached hydrogens (tertiary/aromatic N) is 5. The van der Waals surface area contributed by atoms with E-state index in [2.05, 4.69) is 52.8 Å². The van der Waals surface area contributed by atoms with E-state index in [0.29, 0.717) is 69.0 Å². The van der Waals surface area contributed by atoms with Crippen LogP contribution in [0.1, 0.15) is 99.1 Å². The number of aromatic hydroxyl groups is 2. The molecule has 6 aromatic carbocycles. The van der Waals surface area contributed by atoms with Crippen LogP contribution >= 0.6 is 11.8 Å². The third kappa shape index (κ3) is 29.0. The molecule has 15 amide bonds. The van der Waals surface area contributed by atoms with Crippen LogP contribution in [0.5, 0.6) is 11.5 Å². The molecule has 0 radical (unpaired) electrons. The first kappa shape index (κ1) is 105. The summed E-state index contributed by atoms with van der Waals surface area (Å²) in [6.45, 7) is 2.76. The summed E-state index contributed by atoms with van der Waals surface area (Å²) in [5.74, 6) is -24.3. The van der Waals surface area contributed by atoms with Gasteiger partial charge in [0.05, 0.1) is 31.9 Å². The molecule has 0 saturated carbocycles. The lowest BCUT2D eigenvalue weighted by Crippen LogP contribution is -2.64. The molecule has 3 aliphatic rings. The quantitative estimate of drug-likeness (QED) is 0.0385. The average molecular weight is 1920 g/mol. The number of unbranched alkanes of at least 4 members (excludes halogenated alkanes) is 1. The molecule has 4 heterocycles. The first-order chi connectivity index (χ1) is 65.4. The molecule has 13 atom stereocenters. The number of nitrogens with two attached hydrogens (primary N) is 1. The van der Waals surface area contributed by atoms with Crippen LogP contribution in [-0.4, -0.2) is 297 Å². The van der Waals surface area contributed by atoms with Gasteiger partial charge in [-0.15, -0.1) is 11.8 Å². The molecule has 734 valence electrons. The zero-order chi connectivity index (χ0) is 99.4. The van der Waals surface area contributed by atoms with Gasteiger partial charge in [-0.05, 0) is 107 Å². The van der Waals surface area contributed by atoms with Crippen LogP contribution in [0.2, 0.25) is 0 Å². The van der Waals surface area contributed by atoms with E-state index < -0.39 is 234 Å². The monoisotopic (exact) mass is 1920 g/mol. The molecule has 0 spiro atoms. The summed E-state index contributed by atoms with van der Waals surface area (Å²) in [4.78, 5) is 248. The van der Waals surface area contributed by atoms with Crippen LogP contribution in [0.25, 0.3) is 10.9 Å². The Hall–Kier alpha value is -14.0. The fourth-order valence-corrected chi connectivity index (χ4v) is 17.4. The number of carbonyl (C=O) groups is 16. The molecular formula is C96H117F3N16O21S. The summed E-state index contributed by atoms with van der Waals surface area (Å²) in [6, 6.07) is 14.3. The molecule has 15 N–H and O–H groups in total. The first-order valence-corrected chi connectivity index (χ1v) is 46.1. The number of phenols is 2. The highest BCUT2D eigenvalue weighted by Gasteiger charge is 2.46. The Labute approximate surface area is 793 Å². The highest BCUT2D eigenvalue weighted by atomic mass is 32.2. The Morgan fingerprint density at radius 2 is 1.04 bits per heavy atom. The van der Waals surface area contributed by atoms with Gasteiger partial charge in [0.25, 0.3) is 0 Å². The van der Waals surface area contributed by atoms with Crippen molar-refractivity contribution in [3.8, 4) is 11.5 Å². The van der Waals surface area contributed by atoms with E-state index in [9.17, 15) is 53.3 Å². The highest BCUT2D eigenvalue weighted by molar-refractivity contribution is 8.00. The SMILES string of the molecule is CCCC[C@H]1C(=O)N2CCC[C@@H]2C(=O)N[C@@H](CC(=O)O)C(=O)N[C@@H](C(C)C)C(=O)N(C)[C@@H](Cc2ccccc2)C(=O)N[C@@H](Cc2ccc(O)cc2)C(=O)N2CCOC[C@@H]2C(=O)N[C@@H](Cc2c[nH]c3ccccc23)C(=O)N[C@@H](Cc2ccc(O)cc2)C(=O)N[C@@H](CCOC)C(=O)N[C@H](C(=O)NCC(N)=O)CSCC(=O)N[C@@H](Cc2cc(F)c(F)c(F)c2)C(=O)N(C)[C@@H](Cc2ccccc2)C(=O)N1C. The maximum atomic E-state index is 15.9. The van der Waals surface area contributed by atoms with Crippen molar-refractivity contribution in [1.29, 1.82) is 0 Å². The number of phenolic OH excluding ortho intramolecular Hbond substituents is 2. The molecule has 7 aromatic rings. The Kier molecular flexibility index (Phi) is 38.4. The maximum absolute atomic E-state index is 15.9. The molecular weight excluding hydrogens is 1800 g/mol. The molecule has 137 heavy (non-hydrogen) atoms. The Balaban J connectivity index is 1.06. The second-order valence-corrected chi connectivity index (χ2v) is 35.4. The molecule has 10 rings (SSSR count). The number of para-hydroxylation sites is 1. The number of aliphatic carboxylic acids is 1. The van der Waals surface area contributed by atoms with Crippen molar-refractivity contribution in [3.63, 3.8) is 0 Å². The van der Waals surface area contributed by atoms with Gasteiger partial charge in [0.15, 0.2) is 17.5 Å². The summed E-state index contributed by atoms with van der Waals surface area (Å²) in [5.41, 5.74) is 7.79. The summed E-state index contributed by atoms with van der Waals surface area (Å²) in [5, 5.41) is 55.5. The Morgan fingerprint density at radius 3 is 1.65 bits per heavy atom. The number of carboxylic acids is 1. The highest BCUT2D eigenvalue weighted by Crippen LogP contribution is 2.28. The normalized spacial score (nSPS) is 23.3. The number of thioether (sulfide) groups is 1. The number of likely N-dealkylation sites (N-methyl/N-ethyl adjacent to an activating group) is 3. The number of nitrogens with one attached hydrogen (secondary N) is 10. The van der Waals surface area contributed by atoms with Gasteiger partial charge in [-0.2, -0.15) is 0 Å². The number of benzene rings is 6. The van der Waals surface area contributed by atoms with Crippen molar-refractivity contribution in [2.45, 2.75) is 183 Å². The van der Waals surface area contributed by atoms with Crippen LogP contribution in [0.15, 0.2) is 152 Å². The molecule has 37 nitrogen and oxygen atoms in total. The first-order valence-electron chi connectivity index (χ1n) is 45.0. The van der Waals surface area contributed by atoms with E-state index in [0.717, 1.165) is 19.6 Å². The van der Waals surface area contributed by atoms with E-state index in [4.69, 9.17) is 15.2 Å². The number of H-pyrrole nitrogens is 1. The number of hydrogen-bond acceptors (Lipinski definition) is 21. The number of amides is 15. The van der Waals surface area contributed by atoms with Gasteiger partial charge in [-0.3, -0.25) is 76.7 Å². The lowest BCUT2D eigenvalue weighted by Gasteiger charge is -2.38. The topological polar surface area (TPSA) is 519 Å². The second-order valence-electron chi connectivity index (χ2n) is 34.4. The number of carboxylic acid groups (broad SMARTS) is 1. The van der Waals surface area contributed by atoms with E-state index in [1.165, 1.54) is 81.7 Å². The molecule has 0 aliphatic carbocycles. The largest absolute Gasteiger partial charge is 0.508 e. The van der Waals surface area contributed by atoms with Crippen LogP contribution in [0.4, 0.5) is 13.2 Å². The summed E-state index contributed by atoms with van der Waals surface area (Å²) >= 11 is 0.651. The average Bonchev–Trinajstić information content (AvgIpc) is 1.78. The smallest absolute Gasteiger partial charge is 0.305 e. The van der Waals surface area contributed by atoms with Gasteiger partial charge in [0.1, 0.15) is 90.0 Å². The number of morpholine rings is 1. The molecule has 3 saturated heterocycles. The second kappa shape index (κ2) is 50.0. The minimum absolute atomic E-state index is 0.0514. The van der Waals surface area contributed by atoms with Crippen LogP contribution in [0.3, 0.4) is 0 Å². The van der Waals surface area contributed by atoms with Crippen LogP contribution in [-0.2, 0) is 125 Å². The fraction of sp³-hybridized carbons (Fsp3) is 0.438. The predicted octanol–water partition coefficient (Wildman–Crippen LogP) is 2.04. The van der Waals surface area contributed by atoms with Gasteiger partial charge in [0.2, 0.25) is 88.6 Å². The molecule has 3 fully saturated rings. The summed E-state index contributed by atoms with van der Waals surface area (Å²) < 4.78 is 56.4. The standard InChI is InChI=1S/C96H117F3N16O21S/c1-8-9-25-75-95(133)114-36-18-26-74(114)89(127)107-70(48-81(120)121)88(126)110-83(54(2)3)96(134)112(5)76(45-55-19-12-10-13-20-55)90(128)108-72(43-58-29-33-62(117)34-30-58)93(131)115-37-39-136-51-78(115)91(129)106-69(47-60-49-101-66-24-17-16-23-63(60)66)87(125)105-68(42-57-27-31-61(116)32-28-57)86(124)104-67(35-38-135-7)85(123)109-73(84(122)102-50-79(100)118)52-137-53-80(119)103-71(44-59-40-64(97)82(99)65(98)41-59)92(130)113(6)77(94(132)111(75)4)46-56-21-14-11-15-22-56/h10-17,19-24,27-34,40-41,49,54,67-78,83,101,116-117H,8-9,18,25-26,35-39,42-48,50-53H2,1-7H3,(H2,100,118)(H,102,122)(H,103,119)(H,104,124)(H,105,125)(H,106,129)(H,107,127)(H,108,128)(H,109,123)(H,110,126)(H,120,121)/t67-,68-,69-,70-,71-,72-,73-,74+,75-,76-,77-,78+,83-/m0/s1. The maximum Gasteiger partial charge on any atom is 0.305 e. The van der Waals surface area contributed by atoms with Gasteiger partial charge in [-0.1, -0.05) is 137 Å². The number of fused-ring (bicyclic) bond motifs is 3. The Bertz CT molecular complexity index is 5450. The third-order valence-electron chi connectivity index (χ3n) is 24.2. The number of carbonyl (C=O) groups excluding carboxylic acids is 15. The lowest BCUT2D eigenvalue weighted by atomic mass is 9.98. The van der Waals surface area contributed by atoms with Gasteiger partial charge in [0, 0.05) is 109 Å². The number of primary amides is 1. The lowest BCUT2D eigenvalue weighted by molar-refractivity contribution is -0.152. The zero-order valence-electron chi connectivity index (χ0n) is 76.9. The molecule has 1 aromatic heterocycles. The third-order valence-corrected chi connectivity index (χ3v) is 25.2. The molecule has 3 aliphatic heterocycles. The summed E-state index contributed by atoms with van der Waals surface area (Å²) in [6.07, 6.45) is -1.40. The number of halogens is 3. The minimum Gasteiger partial charge on any atom is -0.508 e. The van der Waals surface area contributed by atoms with E-state index in [1.54, 1.807) is 112 Å². The fourth-order valence-electron chi connectivity index (χ4n) is 16.6. The van der Waals surface area contributed by atoms with Crippen molar-refractivity contribution >= 4 is 117 Å². The molecule has 0 unspecified atom stereocenters. The van der Waals surface area contributed by atoms with Crippen molar-refractivity contribution in [2.24, 2.45) is 11.7 Å². The number of methoxy groups -OCH3 is 1. The van der Waals surface area contributed by atoms with Crippen molar-refractivity contribution in [1.82, 2.24) is 77.3 Å². The predicted molar refractivity (Wildman–Crippen MR) is 495 cm³/mol. The summed E-state index contributed by atoms with van der Waals surface area (Å²) in [7, 11) is 5.02. The van der Waals surface area contributed by atoms with Gasteiger partial charge >= 0.3 is 5.97 Å². The zero-order valence-corrected chi connectivity index (χ0v) is 77.7. The molecule has 0 bridgehead atoms. The number of aromatic amines is 1. The van der Waals surface area contributed by atoms with Crippen molar-refractivity contribution in [2.75, 3.05) is 79.2 Å². The number of aromatic nitrogens is 1. The number of ether oxygens (including phenoxy) is 2. The Morgan fingerprint density at radius 1 is 0.533 bits per heavy atom. The van der Waals surface area contributed by atoms with Gasteiger partial charge in [-0.25, -0.2) is 13.2 Å². The van der Waals surface area contributed by atoms with Crippen molar-refractivity contribution < 1.29 is 115 Å². The number of hydrogen-bond donors (Lipinski definition) is 14. The van der Waals surface area contributed by atoms with Crippen molar-refractivity contribution in [3.05, 3.63) is 203 Å². The van der Waals surface area contributed by atoms with E-state index >= 15 is 51.9 Å². The van der Waals surface area contributed by atoms with E-state index in [1.807, 2.05) is 0 Å². The minimum atomic E-state index is -1.96. The van der Waals surface area contributed by atoms with Crippen LogP contribution in [0, 0.1) is 23.4 Å².